The van der Waals surface area contributed by atoms with E-state index in [-0.39, 0.29) is 0 Å². The lowest BCUT2D eigenvalue weighted by molar-refractivity contribution is 1.34. The molecule has 1 rings (SSSR count). The molecule has 0 radical (unpaired) electrons. The van der Waals surface area contributed by atoms with Crippen molar-refractivity contribution < 1.29 is 0 Å². The summed E-state index contributed by atoms with van der Waals surface area (Å²) in [6.07, 6.45) is 5.99. The van der Waals surface area contributed by atoms with Gasteiger partial charge in [0.25, 0.3) is 0 Å². The van der Waals surface area contributed by atoms with Crippen LogP contribution in [0.1, 0.15) is 20.8 Å². The van der Waals surface area contributed by atoms with E-state index < -0.39 is 0 Å². The Kier molecular flexibility index (Phi) is 5.32. The van der Waals surface area contributed by atoms with Gasteiger partial charge in [0.1, 0.15) is 0 Å². The highest BCUT2D eigenvalue weighted by atomic mass is 14.0. The molecule has 0 fully saturated rings. The quantitative estimate of drug-likeness (QED) is 0.711. The highest BCUT2D eigenvalue weighted by Gasteiger charge is 1.99. The zero-order chi connectivity index (χ0) is 14.4. The SMILES string of the molecule is C=C/C=C(C)/C(C)=C/C(C(=C)C)=c1/ccccc1=C. The van der Waals surface area contributed by atoms with Gasteiger partial charge >= 0.3 is 0 Å². The van der Waals surface area contributed by atoms with Crippen LogP contribution in [0.15, 0.2) is 72.4 Å². The van der Waals surface area contributed by atoms with Crippen LogP contribution in [0.5, 0.6) is 0 Å². The van der Waals surface area contributed by atoms with Gasteiger partial charge in [-0.1, -0.05) is 67.8 Å². The van der Waals surface area contributed by atoms with Gasteiger partial charge < -0.3 is 0 Å². The molecule has 0 amide bonds. The van der Waals surface area contributed by atoms with Gasteiger partial charge in [-0.2, -0.15) is 0 Å². The van der Waals surface area contributed by atoms with E-state index in [2.05, 4.69) is 45.7 Å². The maximum Gasteiger partial charge on any atom is -0.0115 e. The topological polar surface area (TPSA) is 0 Å². The molecule has 0 heteroatoms. The maximum absolute atomic E-state index is 4.09. The molecule has 0 unspecified atom stereocenters. The summed E-state index contributed by atoms with van der Waals surface area (Å²) in [4.78, 5) is 0. The van der Waals surface area contributed by atoms with Crippen molar-refractivity contribution >= 4 is 12.2 Å². The molecule has 0 saturated heterocycles. The Morgan fingerprint density at radius 1 is 1.05 bits per heavy atom. The molecule has 0 spiro atoms. The predicted octanol–water partition coefficient (Wildman–Crippen LogP) is 3.90. The molecule has 1 aromatic carbocycles. The lowest BCUT2D eigenvalue weighted by Gasteiger charge is -2.06. The molecule has 98 valence electrons. The molecule has 1 aromatic rings. The number of hydrogen-bond acceptors (Lipinski definition) is 0. The summed E-state index contributed by atoms with van der Waals surface area (Å²) in [6.45, 7) is 18.1. The normalized spacial score (nSPS) is 14.1. The average Bonchev–Trinajstić information content (AvgIpc) is 2.36. The van der Waals surface area contributed by atoms with Crippen LogP contribution in [0, 0.1) is 0 Å². The van der Waals surface area contributed by atoms with Gasteiger partial charge in [-0.3, -0.25) is 0 Å². The third kappa shape index (κ3) is 3.96. The molecule has 0 aliphatic carbocycles. The average molecular weight is 250 g/mol. The van der Waals surface area contributed by atoms with Crippen LogP contribution < -0.4 is 10.4 Å². The summed E-state index contributed by atoms with van der Waals surface area (Å²) in [5.74, 6) is 0. The first kappa shape index (κ1) is 15.0. The summed E-state index contributed by atoms with van der Waals surface area (Å²) < 4.78 is 0. The zero-order valence-corrected chi connectivity index (χ0v) is 12.2. The minimum absolute atomic E-state index is 1.02. The Hall–Kier alpha value is -2.08. The molecule has 0 nitrogen and oxygen atoms in total. The van der Waals surface area contributed by atoms with Gasteiger partial charge in [0.15, 0.2) is 0 Å². The Morgan fingerprint density at radius 3 is 2.21 bits per heavy atom. The molecule has 0 heterocycles. The predicted molar refractivity (Wildman–Crippen MR) is 87.1 cm³/mol. The van der Waals surface area contributed by atoms with Crippen LogP contribution in [0.3, 0.4) is 0 Å². The molecule has 0 aliphatic heterocycles. The second-order valence-electron chi connectivity index (χ2n) is 4.76. The van der Waals surface area contributed by atoms with Gasteiger partial charge in [-0.05, 0) is 47.9 Å². The molecule has 19 heavy (non-hydrogen) atoms. The molecule has 0 atom stereocenters. The van der Waals surface area contributed by atoms with E-state index in [1.165, 1.54) is 11.1 Å². The zero-order valence-electron chi connectivity index (χ0n) is 12.2. The molecule has 0 aliphatic rings. The van der Waals surface area contributed by atoms with E-state index in [1.807, 2.05) is 37.3 Å². The smallest absolute Gasteiger partial charge is 0.0115 e. The van der Waals surface area contributed by atoms with Crippen molar-refractivity contribution in [2.45, 2.75) is 20.8 Å². The van der Waals surface area contributed by atoms with Crippen molar-refractivity contribution in [2.75, 3.05) is 0 Å². The molecular weight excluding hydrogens is 228 g/mol. The first-order valence-corrected chi connectivity index (χ1v) is 6.39. The fraction of sp³-hybridized carbons (Fsp3) is 0.158. The number of hydrogen-bond donors (Lipinski definition) is 0. The summed E-state index contributed by atoms with van der Waals surface area (Å²) in [7, 11) is 0. The molecule has 0 saturated carbocycles. The lowest BCUT2D eigenvalue weighted by Crippen LogP contribution is -2.24. The summed E-state index contributed by atoms with van der Waals surface area (Å²) in [6, 6.07) is 8.14. The third-order valence-electron chi connectivity index (χ3n) is 3.12. The van der Waals surface area contributed by atoms with Crippen LogP contribution >= 0.6 is 0 Å². The highest BCUT2D eigenvalue weighted by molar-refractivity contribution is 5.73. The van der Waals surface area contributed by atoms with Crippen molar-refractivity contribution in [2.24, 2.45) is 0 Å². The molecule has 0 N–H and O–H groups in total. The van der Waals surface area contributed by atoms with Gasteiger partial charge in [0, 0.05) is 0 Å². The van der Waals surface area contributed by atoms with Crippen molar-refractivity contribution in [1.29, 1.82) is 0 Å². The van der Waals surface area contributed by atoms with Gasteiger partial charge in [-0.25, -0.2) is 0 Å². The number of rotatable bonds is 4. The number of allylic oxidation sites excluding steroid dienone is 6. The summed E-state index contributed by atoms with van der Waals surface area (Å²) >= 11 is 0. The van der Waals surface area contributed by atoms with E-state index in [9.17, 15) is 0 Å². The Bertz CT molecular complexity index is 652. The van der Waals surface area contributed by atoms with E-state index >= 15 is 0 Å². The van der Waals surface area contributed by atoms with E-state index in [1.54, 1.807) is 0 Å². The van der Waals surface area contributed by atoms with Crippen LogP contribution in [-0.2, 0) is 0 Å². The Labute approximate surface area is 116 Å². The van der Waals surface area contributed by atoms with Crippen molar-refractivity contribution in [1.82, 2.24) is 0 Å². The monoisotopic (exact) mass is 250 g/mol. The van der Waals surface area contributed by atoms with Crippen molar-refractivity contribution in [3.8, 4) is 0 Å². The van der Waals surface area contributed by atoms with Crippen molar-refractivity contribution in [3.05, 3.63) is 82.8 Å². The minimum atomic E-state index is 1.02. The minimum Gasteiger partial charge on any atom is -0.0991 e. The lowest BCUT2D eigenvalue weighted by atomic mass is 9.99. The van der Waals surface area contributed by atoms with Gasteiger partial charge in [-0.15, -0.1) is 0 Å². The fourth-order valence-corrected chi connectivity index (χ4v) is 1.85. The first-order chi connectivity index (χ1) is 8.97. The van der Waals surface area contributed by atoms with E-state index in [4.69, 9.17) is 0 Å². The van der Waals surface area contributed by atoms with Gasteiger partial charge in [0.05, 0.1) is 0 Å². The van der Waals surface area contributed by atoms with Crippen LogP contribution in [-0.4, -0.2) is 0 Å². The fourth-order valence-electron chi connectivity index (χ4n) is 1.85. The largest absolute Gasteiger partial charge is 0.0991 e. The van der Waals surface area contributed by atoms with Crippen LogP contribution in [0.4, 0.5) is 0 Å². The van der Waals surface area contributed by atoms with E-state index in [0.29, 0.717) is 0 Å². The van der Waals surface area contributed by atoms with Gasteiger partial charge in [0.2, 0.25) is 0 Å². The molecule has 0 bridgehead atoms. The third-order valence-corrected chi connectivity index (χ3v) is 3.12. The van der Waals surface area contributed by atoms with Crippen LogP contribution in [0.25, 0.3) is 12.2 Å². The Morgan fingerprint density at radius 2 is 1.68 bits per heavy atom. The van der Waals surface area contributed by atoms with Crippen molar-refractivity contribution in [3.63, 3.8) is 0 Å². The maximum atomic E-state index is 4.09. The summed E-state index contributed by atoms with van der Waals surface area (Å²) in [5.41, 5.74) is 4.60. The second-order valence-corrected chi connectivity index (χ2v) is 4.76. The summed E-state index contributed by atoms with van der Waals surface area (Å²) in [5, 5.41) is 2.16. The van der Waals surface area contributed by atoms with Crippen LogP contribution in [0.2, 0.25) is 0 Å². The number of benzene rings is 1. The van der Waals surface area contributed by atoms with E-state index in [0.717, 1.165) is 21.6 Å². The standard InChI is InChI=1S/C19H22/c1-7-10-15(4)17(6)13-19(14(2)3)18-12-9-8-11-16(18)5/h7-13H,1-2,5H2,3-4,6H3/b15-10+,17-13+,19-18+. The Balaban J connectivity index is 3.54. The first-order valence-electron chi connectivity index (χ1n) is 6.39. The second kappa shape index (κ2) is 6.75. The highest BCUT2D eigenvalue weighted by Crippen LogP contribution is 2.15. The molecular formula is C19H22. The molecule has 0 aromatic heterocycles.